The van der Waals surface area contributed by atoms with Crippen molar-refractivity contribution < 1.29 is 13.9 Å². The maximum absolute atomic E-state index is 12.9. The Kier molecular flexibility index (Phi) is 6.65. The van der Waals surface area contributed by atoms with E-state index in [1.54, 1.807) is 30.1 Å². The molecule has 4 nitrogen and oxygen atoms in total. The van der Waals surface area contributed by atoms with E-state index in [1.165, 1.54) is 12.1 Å². The molecule has 0 radical (unpaired) electrons. The largest absolute Gasteiger partial charge is 0.491 e. The van der Waals surface area contributed by atoms with Crippen LogP contribution in [-0.2, 0) is 0 Å². The van der Waals surface area contributed by atoms with Gasteiger partial charge in [-0.25, -0.2) is 9.18 Å². The maximum atomic E-state index is 12.9. The lowest BCUT2D eigenvalue weighted by molar-refractivity contribution is 0.184. The zero-order chi connectivity index (χ0) is 18.4. The molecule has 2 atom stereocenters. The highest BCUT2D eigenvalue weighted by Gasteiger charge is 2.19. The SMILES string of the molecule is CC(COc1ccc(F)cc1)NC(=O)N(C)C(C)c1cccc(Cl)c1. The summed E-state index contributed by atoms with van der Waals surface area (Å²) in [6, 6.07) is 12.7. The number of carbonyl (C=O) groups excluding carboxylic acids is 1. The first kappa shape index (κ1) is 19.1. The van der Waals surface area contributed by atoms with Gasteiger partial charge in [0.15, 0.2) is 0 Å². The van der Waals surface area contributed by atoms with Crippen LogP contribution in [0.1, 0.15) is 25.5 Å². The van der Waals surface area contributed by atoms with Gasteiger partial charge in [0.1, 0.15) is 18.2 Å². The number of urea groups is 1. The van der Waals surface area contributed by atoms with E-state index < -0.39 is 0 Å². The van der Waals surface area contributed by atoms with Crippen molar-refractivity contribution in [1.29, 1.82) is 0 Å². The van der Waals surface area contributed by atoms with E-state index in [2.05, 4.69) is 5.32 Å². The molecule has 0 saturated heterocycles. The van der Waals surface area contributed by atoms with E-state index in [-0.39, 0.29) is 30.5 Å². The smallest absolute Gasteiger partial charge is 0.317 e. The first-order valence-corrected chi connectivity index (χ1v) is 8.41. The number of hydrogen-bond donors (Lipinski definition) is 1. The molecule has 2 amide bonds. The molecule has 0 saturated carbocycles. The van der Waals surface area contributed by atoms with Crippen LogP contribution in [0.4, 0.5) is 9.18 Å². The van der Waals surface area contributed by atoms with E-state index >= 15 is 0 Å². The molecule has 0 aliphatic heterocycles. The van der Waals surface area contributed by atoms with Gasteiger partial charge in [-0.2, -0.15) is 0 Å². The number of hydrogen-bond acceptors (Lipinski definition) is 2. The molecule has 0 heterocycles. The number of carbonyl (C=O) groups is 1. The van der Waals surface area contributed by atoms with Crippen molar-refractivity contribution in [2.45, 2.75) is 25.9 Å². The second-order valence-electron chi connectivity index (χ2n) is 5.96. The van der Waals surface area contributed by atoms with Gasteiger partial charge in [0.05, 0.1) is 12.1 Å². The number of benzene rings is 2. The monoisotopic (exact) mass is 364 g/mol. The minimum Gasteiger partial charge on any atom is -0.491 e. The summed E-state index contributed by atoms with van der Waals surface area (Å²) in [5.74, 6) is 0.244. The molecule has 0 fully saturated rings. The molecule has 2 unspecified atom stereocenters. The fourth-order valence-electron chi connectivity index (χ4n) is 2.27. The van der Waals surface area contributed by atoms with Gasteiger partial charge in [0.2, 0.25) is 0 Å². The van der Waals surface area contributed by atoms with E-state index in [1.807, 2.05) is 32.0 Å². The summed E-state index contributed by atoms with van der Waals surface area (Å²) >= 11 is 6.01. The lowest BCUT2D eigenvalue weighted by atomic mass is 10.1. The Hall–Kier alpha value is -2.27. The van der Waals surface area contributed by atoms with Crippen LogP contribution in [0.15, 0.2) is 48.5 Å². The highest BCUT2D eigenvalue weighted by Crippen LogP contribution is 2.22. The maximum Gasteiger partial charge on any atom is 0.317 e. The Morgan fingerprint density at radius 2 is 1.92 bits per heavy atom. The van der Waals surface area contributed by atoms with Crippen LogP contribution in [0.2, 0.25) is 5.02 Å². The second-order valence-corrected chi connectivity index (χ2v) is 6.39. The Morgan fingerprint density at radius 1 is 1.24 bits per heavy atom. The third kappa shape index (κ3) is 5.64. The molecule has 2 aromatic carbocycles. The van der Waals surface area contributed by atoms with E-state index in [0.29, 0.717) is 10.8 Å². The molecular formula is C19H22ClFN2O2. The first-order valence-electron chi connectivity index (χ1n) is 8.04. The molecule has 1 N–H and O–H groups in total. The molecule has 0 aliphatic rings. The molecule has 0 aromatic heterocycles. The van der Waals surface area contributed by atoms with Crippen molar-refractivity contribution in [2.75, 3.05) is 13.7 Å². The number of amides is 2. The van der Waals surface area contributed by atoms with Crippen LogP contribution in [-0.4, -0.2) is 30.6 Å². The second kappa shape index (κ2) is 8.72. The Labute approximate surface area is 152 Å². The summed E-state index contributed by atoms with van der Waals surface area (Å²) in [6.07, 6.45) is 0. The average Bonchev–Trinajstić information content (AvgIpc) is 2.60. The lowest BCUT2D eigenvalue weighted by Gasteiger charge is -2.27. The Bertz CT molecular complexity index is 709. The van der Waals surface area contributed by atoms with E-state index in [0.717, 1.165) is 5.56 Å². The van der Waals surface area contributed by atoms with Crippen molar-refractivity contribution in [3.8, 4) is 5.75 Å². The number of ether oxygens (including phenoxy) is 1. The first-order chi connectivity index (χ1) is 11.9. The zero-order valence-corrected chi connectivity index (χ0v) is 15.3. The summed E-state index contributed by atoms with van der Waals surface area (Å²) in [6.45, 7) is 4.07. The Balaban J connectivity index is 1.86. The Morgan fingerprint density at radius 3 is 2.56 bits per heavy atom. The third-order valence-corrected chi connectivity index (χ3v) is 4.15. The summed E-state index contributed by atoms with van der Waals surface area (Å²) < 4.78 is 18.4. The van der Waals surface area contributed by atoms with Gasteiger partial charge in [-0.15, -0.1) is 0 Å². The number of halogens is 2. The van der Waals surface area contributed by atoms with Gasteiger partial charge in [-0.3, -0.25) is 0 Å². The number of nitrogens with zero attached hydrogens (tertiary/aromatic N) is 1. The highest BCUT2D eigenvalue weighted by molar-refractivity contribution is 6.30. The molecule has 25 heavy (non-hydrogen) atoms. The molecule has 2 aromatic rings. The average molecular weight is 365 g/mol. The van der Waals surface area contributed by atoms with Crippen molar-refractivity contribution in [1.82, 2.24) is 10.2 Å². The van der Waals surface area contributed by atoms with Crippen LogP contribution in [0.25, 0.3) is 0 Å². The predicted octanol–water partition coefficient (Wildman–Crippen LogP) is 4.65. The van der Waals surface area contributed by atoms with Crippen LogP contribution in [0.5, 0.6) is 5.75 Å². The van der Waals surface area contributed by atoms with Crippen molar-refractivity contribution in [2.24, 2.45) is 0 Å². The number of rotatable bonds is 6. The fraction of sp³-hybridized carbons (Fsp3) is 0.316. The minimum absolute atomic E-state index is 0.121. The van der Waals surface area contributed by atoms with Gasteiger partial charge in [0.25, 0.3) is 0 Å². The molecule has 0 aliphatic carbocycles. The molecule has 2 rings (SSSR count). The summed E-state index contributed by atoms with van der Waals surface area (Å²) in [5.41, 5.74) is 0.959. The lowest BCUT2D eigenvalue weighted by Crippen LogP contribution is -2.45. The molecule has 6 heteroatoms. The normalized spacial score (nSPS) is 13.0. The minimum atomic E-state index is -0.315. The van der Waals surface area contributed by atoms with E-state index in [4.69, 9.17) is 16.3 Å². The van der Waals surface area contributed by atoms with Gasteiger partial charge >= 0.3 is 6.03 Å². The van der Waals surface area contributed by atoms with E-state index in [9.17, 15) is 9.18 Å². The third-order valence-electron chi connectivity index (χ3n) is 3.92. The van der Waals surface area contributed by atoms with Crippen LogP contribution >= 0.6 is 11.6 Å². The quantitative estimate of drug-likeness (QED) is 0.810. The van der Waals surface area contributed by atoms with Gasteiger partial charge in [-0.1, -0.05) is 23.7 Å². The van der Waals surface area contributed by atoms with Gasteiger partial charge in [-0.05, 0) is 55.8 Å². The molecule has 134 valence electrons. The predicted molar refractivity (Wildman–Crippen MR) is 97.5 cm³/mol. The highest BCUT2D eigenvalue weighted by atomic mass is 35.5. The molecule has 0 bridgehead atoms. The van der Waals surface area contributed by atoms with Crippen LogP contribution in [0, 0.1) is 5.82 Å². The summed E-state index contributed by atoms with van der Waals surface area (Å²) in [5, 5.41) is 3.52. The fourth-order valence-corrected chi connectivity index (χ4v) is 2.47. The van der Waals surface area contributed by atoms with Gasteiger partial charge < -0.3 is 15.0 Å². The molecule has 0 spiro atoms. The van der Waals surface area contributed by atoms with Crippen molar-refractivity contribution >= 4 is 17.6 Å². The van der Waals surface area contributed by atoms with Crippen molar-refractivity contribution in [3.05, 3.63) is 64.9 Å². The topological polar surface area (TPSA) is 41.6 Å². The summed E-state index contributed by atoms with van der Waals surface area (Å²) in [4.78, 5) is 14.0. The van der Waals surface area contributed by atoms with Crippen molar-refractivity contribution in [3.63, 3.8) is 0 Å². The van der Waals surface area contributed by atoms with Gasteiger partial charge in [0, 0.05) is 12.1 Å². The standard InChI is InChI=1S/C19H22ClFN2O2/c1-13(12-25-18-9-7-17(21)8-10-18)22-19(24)23(3)14(2)15-5-4-6-16(20)11-15/h4-11,13-14H,12H2,1-3H3,(H,22,24). The number of nitrogens with one attached hydrogen (secondary N) is 1. The molecular weight excluding hydrogens is 343 g/mol. The van der Waals surface area contributed by atoms with Crippen LogP contribution < -0.4 is 10.1 Å². The summed E-state index contributed by atoms with van der Waals surface area (Å²) in [7, 11) is 1.73. The van der Waals surface area contributed by atoms with Crippen LogP contribution in [0.3, 0.4) is 0 Å². The zero-order valence-electron chi connectivity index (χ0n) is 14.5.